The molecule has 0 fully saturated rings. The summed E-state index contributed by atoms with van der Waals surface area (Å²) in [5, 5.41) is 0.897. The van der Waals surface area contributed by atoms with Crippen molar-refractivity contribution in [3.63, 3.8) is 0 Å². The summed E-state index contributed by atoms with van der Waals surface area (Å²) in [6, 6.07) is 17.2. The molecule has 1 nitrogen and oxygen atoms in total. The first-order valence-corrected chi connectivity index (χ1v) is 14.7. The van der Waals surface area contributed by atoms with Crippen molar-refractivity contribution in [2.45, 2.75) is 77.8 Å². The molecule has 154 valence electrons. The van der Waals surface area contributed by atoms with E-state index in [1.54, 1.807) is 0 Å². The average Bonchev–Trinajstić information content (AvgIpc) is 2.50. The van der Waals surface area contributed by atoms with Crippen LogP contribution in [0.2, 0.25) is 0 Å². The maximum atomic E-state index is 6.36. The number of nitrogens with two attached hydrogens (primary N) is 1. The molecule has 0 saturated carbocycles. The SMILES string of the molecule is CC(C)(C)[PH]([Pd][c]1ccccc1-c1ccccc1N)(C(C)(C)C)C(C)(C)C. The number of anilines is 1. The van der Waals surface area contributed by atoms with Crippen LogP contribution in [0.15, 0.2) is 48.5 Å². The predicted molar refractivity (Wildman–Crippen MR) is 123 cm³/mol. The van der Waals surface area contributed by atoms with Gasteiger partial charge >= 0.3 is 176 Å². The topological polar surface area (TPSA) is 26.0 Å². The minimum atomic E-state index is -1.81. The minimum absolute atomic E-state index is 0.299. The van der Waals surface area contributed by atoms with E-state index in [1.807, 2.05) is 12.1 Å². The van der Waals surface area contributed by atoms with Crippen LogP contribution in [0.1, 0.15) is 62.3 Å². The van der Waals surface area contributed by atoms with E-state index in [2.05, 4.69) is 98.7 Å². The van der Waals surface area contributed by atoms with Crippen LogP contribution >= 0.6 is 5.45 Å². The molecule has 3 heteroatoms. The second-order valence-corrected chi connectivity index (χ2v) is 21.9. The van der Waals surface area contributed by atoms with Gasteiger partial charge in [-0.1, -0.05) is 0 Å². The van der Waals surface area contributed by atoms with Gasteiger partial charge in [-0.3, -0.25) is 0 Å². The summed E-state index contributed by atoms with van der Waals surface area (Å²) in [5.41, 5.74) is 7.91. The molecule has 0 spiro atoms. The van der Waals surface area contributed by atoms with E-state index in [4.69, 9.17) is 5.73 Å². The van der Waals surface area contributed by atoms with Crippen molar-refractivity contribution in [2.75, 3.05) is 5.73 Å². The van der Waals surface area contributed by atoms with Crippen molar-refractivity contribution in [3.05, 3.63) is 48.5 Å². The zero-order valence-electron chi connectivity index (χ0n) is 18.5. The first-order chi connectivity index (χ1) is 12.2. The summed E-state index contributed by atoms with van der Waals surface area (Å²) >= 11 is 0.555. The Kier molecular flexibility index (Phi) is 6.39. The van der Waals surface area contributed by atoms with Crippen LogP contribution in [-0.2, 0) is 17.5 Å². The van der Waals surface area contributed by atoms with Crippen molar-refractivity contribution in [3.8, 4) is 11.1 Å². The second kappa shape index (κ2) is 7.63. The molecule has 0 aromatic heterocycles. The molecule has 0 saturated heterocycles. The molecule has 2 rings (SSSR count). The second-order valence-electron chi connectivity index (χ2n) is 10.5. The quantitative estimate of drug-likeness (QED) is 0.297. The number of nitrogen functional groups attached to an aromatic ring is 1. The Labute approximate surface area is 175 Å². The van der Waals surface area contributed by atoms with Crippen molar-refractivity contribution >= 4 is 15.2 Å². The van der Waals surface area contributed by atoms with E-state index in [9.17, 15) is 0 Å². The van der Waals surface area contributed by atoms with Gasteiger partial charge in [0.05, 0.1) is 0 Å². The van der Waals surface area contributed by atoms with Gasteiger partial charge in [0, 0.05) is 0 Å². The third kappa shape index (κ3) is 4.20. The zero-order chi connectivity index (χ0) is 20.7. The molecule has 2 aromatic carbocycles. The number of para-hydroxylation sites is 1. The van der Waals surface area contributed by atoms with E-state index in [1.165, 1.54) is 15.2 Å². The Balaban J connectivity index is 2.74. The molecule has 2 aromatic rings. The average molecular weight is 478 g/mol. The van der Waals surface area contributed by atoms with Crippen LogP contribution in [0.4, 0.5) is 5.69 Å². The van der Waals surface area contributed by atoms with E-state index in [0.717, 1.165) is 5.69 Å². The van der Waals surface area contributed by atoms with E-state index in [-0.39, 0.29) is 0 Å². The number of rotatable bonds is 3. The van der Waals surface area contributed by atoms with Crippen molar-refractivity contribution in [1.29, 1.82) is 0 Å². The standard InChI is InChI=1S/C12H10N.C12H27P.Pd/c13-12-9-5-4-8-11(12)10-6-2-1-3-7-10;1-10(2,3)13(11(4,5)6)12(7,8)9;/h1-6,8-9H,13H2;1-9H3;/q;;-1/p+1. The zero-order valence-corrected chi connectivity index (χ0v) is 21.1. The van der Waals surface area contributed by atoms with Gasteiger partial charge in [0.15, 0.2) is 0 Å². The summed E-state index contributed by atoms with van der Waals surface area (Å²) in [5.74, 6) is 0. The predicted octanol–water partition coefficient (Wildman–Crippen LogP) is 6.70. The van der Waals surface area contributed by atoms with Crippen molar-refractivity contribution in [2.24, 2.45) is 0 Å². The normalized spacial score (nSPS) is 14.4. The molecule has 0 unspecified atom stereocenters. The van der Waals surface area contributed by atoms with Crippen LogP contribution in [-0.4, -0.2) is 15.5 Å². The Morgan fingerprint density at radius 3 is 1.48 bits per heavy atom. The van der Waals surface area contributed by atoms with Gasteiger partial charge in [0.2, 0.25) is 0 Å². The van der Waals surface area contributed by atoms with Gasteiger partial charge < -0.3 is 0 Å². The Morgan fingerprint density at radius 2 is 1.04 bits per heavy atom. The molecular formula is C24H38NPPd. The van der Waals surface area contributed by atoms with Crippen LogP contribution in [0.5, 0.6) is 0 Å². The summed E-state index contributed by atoms with van der Waals surface area (Å²) < 4.78 is 1.50. The van der Waals surface area contributed by atoms with Gasteiger partial charge in [-0.15, -0.1) is 0 Å². The van der Waals surface area contributed by atoms with Gasteiger partial charge in [0.25, 0.3) is 0 Å². The number of benzene rings is 2. The van der Waals surface area contributed by atoms with E-state index in [0.29, 0.717) is 33.0 Å². The summed E-state index contributed by atoms with van der Waals surface area (Å²) in [4.78, 5) is 0. The summed E-state index contributed by atoms with van der Waals surface area (Å²) in [7, 11) is 0. The Hall–Kier alpha value is -0.668. The third-order valence-electron chi connectivity index (χ3n) is 5.26. The van der Waals surface area contributed by atoms with Crippen LogP contribution < -0.4 is 9.77 Å². The molecule has 2 N–H and O–H groups in total. The summed E-state index contributed by atoms with van der Waals surface area (Å²) in [6.07, 6.45) is 0. The first kappa shape index (κ1) is 22.6. The number of hydrogen-bond donors (Lipinski definition) is 1. The molecule has 0 aliphatic heterocycles. The Bertz CT molecular complexity index is 755. The van der Waals surface area contributed by atoms with E-state index < -0.39 is 5.45 Å². The van der Waals surface area contributed by atoms with Crippen molar-refractivity contribution in [1.82, 2.24) is 0 Å². The first-order valence-electron chi connectivity index (χ1n) is 9.76. The van der Waals surface area contributed by atoms with Gasteiger partial charge in [-0.05, 0) is 0 Å². The van der Waals surface area contributed by atoms with Crippen molar-refractivity contribution < 1.29 is 17.5 Å². The molecule has 0 aliphatic rings. The van der Waals surface area contributed by atoms with E-state index >= 15 is 0 Å². The summed E-state index contributed by atoms with van der Waals surface area (Å²) in [6.45, 7) is 22.3. The fourth-order valence-corrected chi connectivity index (χ4v) is 21.8. The molecule has 0 atom stereocenters. The van der Waals surface area contributed by atoms with Gasteiger partial charge in [0.1, 0.15) is 0 Å². The fraction of sp³-hybridized carbons (Fsp3) is 0.500. The monoisotopic (exact) mass is 477 g/mol. The molecule has 0 aliphatic carbocycles. The van der Waals surface area contributed by atoms with Crippen LogP contribution in [0.3, 0.4) is 0 Å². The maximum absolute atomic E-state index is 6.36. The van der Waals surface area contributed by atoms with Gasteiger partial charge in [-0.2, -0.15) is 0 Å². The third-order valence-corrected chi connectivity index (χ3v) is 25.8. The molecule has 0 bridgehead atoms. The van der Waals surface area contributed by atoms with Gasteiger partial charge in [-0.25, -0.2) is 0 Å². The Morgan fingerprint density at radius 1 is 0.630 bits per heavy atom. The molecule has 0 amide bonds. The molecule has 0 radical (unpaired) electrons. The number of hydrogen-bond acceptors (Lipinski definition) is 1. The molecule has 0 heterocycles. The molecular weight excluding hydrogens is 440 g/mol. The molecule has 27 heavy (non-hydrogen) atoms. The fourth-order valence-electron chi connectivity index (χ4n) is 5.33. The van der Waals surface area contributed by atoms with Crippen LogP contribution in [0.25, 0.3) is 11.1 Å². The van der Waals surface area contributed by atoms with Crippen LogP contribution in [0, 0.1) is 0 Å².